The second-order valence-corrected chi connectivity index (χ2v) is 9.23. The van der Waals surface area contributed by atoms with Crippen LogP contribution in [-0.4, -0.2) is 77.3 Å². The number of hydrogen-bond acceptors (Lipinski definition) is 8. The van der Waals surface area contributed by atoms with Gasteiger partial charge in [0.05, 0.1) is 6.10 Å². The standard InChI is InChI=1S/C27H31F3N6O4/c1-16-6-4-7-19(12-20(16)33-15-27(28,29)30)25-35-22(14-40-25)24(38)34-21(13-32-3)23(31)36-11-5-8-18(26(36)39)10-9-17(2)37/h4,7-8,12-14,17,21,31,33,37H,5,9-11,15H2,1-3H3,(H,34,38). The number of carbonyl (C=O) groups excluding carboxylic acids is 2. The summed E-state index contributed by atoms with van der Waals surface area (Å²) in [5, 5.41) is 23.1. The maximum atomic E-state index is 13.0. The highest BCUT2D eigenvalue weighted by molar-refractivity contribution is 6.13. The lowest BCUT2D eigenvalue weighted by molar-refractivity contribution is -0.124. The van der Waals surface area contributed by atoms with Gasteiger partial charge in [-0.05, 0) is 51.3 Å². The molecule has 0 saturated carbocycles. The molecule has 0 aromatic carbocycles. The van der Waals surface area contributed by atoms with Crippen molar-refractivity contribution in [2.75, 3.05) is 20.1 Å². The van der Waals surface area contributed by atoms with Crippen molar-refractivity contribution >= 4 is 29.4 Å². The maximum Gasteiger partial charge on any atom is 0.405 e. The first-order valence-corrected chi connectivity index (χ1v) is 12.5. The Morgan fingerprint density at radius 1 is 1.43 bits per heavy atom. The van der Waals surface area contributed by atoms with Gasteiger partial charge in [0.1, 0.15) is 24.7 Å². The van der Waals surface area contributed by atoms with Crippen molar-refractivity contribution in [3.63, 3.8) is 0 Å². The Bertz CT molecular complexity index is 1330. The predicted molar refractivity (Wildman–Crippen MR) is 143 cm³/mol. The van der Waals surface area contributed by atoms with Gasteiger partial charge in [-0.1, -0.05) is 6.08 Å². The number of carbonyl (C=O) groups is 2. The Balaban J connectivity index is 1.73. The zero-order valence-corrected chi connectivity index (χ0v) is 22.3. The average Bonchev–Trinajstić information content (AvgIpc) is 3.31. The van der Waals surface area contributed by atoms with Crippen LogP contribution in [0, 0.1) is 5.41 Å². The minimum absolute atomic E-state index is 0.0147. The third-order valence-electron chi connectivity index (χ3n) is 5.99. The van der Waals surface area contributed by atoms with Crippen LogP contribution in [0.25, 0.3) is 5.57 Å². The second kappa shape index (κ2) is 13.2. The van der Waals surface area contributed by atoms with Gasteiger partial charge in [0.25, 0.3) is 11.8 Å². The van der Waals surface area contributed by atoms with Gasteiger partial charge in [-0.15, -0.1) is 5.73 Å². The highest BCUT2D eigenvalue weighted by Crippen LogP contribution is 2.23. The number of oxazole rings is 1. The molecule has 2 atom stereocenters. The Morgan fingerprint density at radius 3 is 2.85 bits per heavy atom. The van der Waals surface area contributed by atoms with Crippen LogP contribution in [0.5, 0.6) is 0 Å². The SMILES string of the molecule is CN=CC(NC(=O)c1coc(C2=CC=C=C(C)C(NCC(F)(F)F)=C2)n1)C(=N)N1CCC=C(CCC(C)O)C1=O. The molecule has 2 heterocycles. The number of aliphatic hydroxyl groups excluding tert-OH is 1. The normalized spacial score (nSPS) is 17.5. The molecule has 40 heavy (non-hydrogen) atoms. The fraction of sp³-hybridized carbons (Fsp3) is 0.407. The molecule has 214 valence electrons. The van der Waals surface area contributed by atoms with E-state index in [9.17, 15) is 27.9 Å². The number of aliphatic hydroxyl groups is 1. The lowest BCUT2D eigenvalue weighted by Crippen LogP contribution is -2.52. The number of aliphatic imine (C=N–C) groups is 1. The molecule has 3 rings (SSSR count). The van der Waals surface area contributed by atoms with Gasteiger partial charge >= 0.3 is 6.18 Å². The van der Waals surface area contributed by atoms with Crippen LogP contribution in [0.2, 0.25) is 0 Å². The van der Waals surface area contributed by atoms with Crippen molar-refractivity contribution < 1.29 is 32.3 Å². The summed E-state index contributed by atoms with van der Waals surface area (Å²) >= 11 is 0. The highest BCUT2D eigenvalue weighted by Gasteiger charge is 2.31. The maximum absolute atomic E-state index is 13.0. The summed E-state index contributed by atoms with van der Waals surface area (Å²) in [7, 11) is 1.46. The van der Waals surface area contributed by atoms with Gasteiger partial charge in [0.2, 0.25) is 5.89 Å². The number of amides is 2. The Kier molecular flexibility index (Phi) is 10.0. The number of halogens is 3. The van der Waals surface area contributed by atoms with Crippen molar-refractivity contribution in [3.8, 4) is 0 Å². The third kappa shape index (κ3) is 8.14. The van der Waals surface area contributed by atoms with Gasteiger partial charge < -0.3 is 20.2 Å². The fourth-order valence-electron chi connectivity index (χ4n) is 3.91. The summed E-state index contributed by atoms with van der Waals surface area (Å²) in [4.78, 5) is 35.3. The number of aromatic nitrogens is 1. The molecule has 13 heteroatoms. The van der Waals surface area contributed by atoms with E-state index < -0.39 is 30.8 Å². The molecular formula is C27H31F3N6O4. The highest BCUT2D eigenvalue weighted by atomic mass is 19.4. The average molecular weight is 561 g/mol. The molecule has 1 aromatic heterocycles. The van der Waals surface area contributed by atoms with E-state index in [0.717, 1.165) is 6.26 Å². The van der Waals surface area contributed by atoms with Crippen molar-refractivity contribution in [2.24, 2.45) is 4.99 Å². The van der Waals surface area contributed by atoms with E-state index in [2.05, 4.69) is 26.3 Å². The van der Waals surface area contributed by atoms with Gasteiger partial charge in [0.15, 0.2) is 5.69 Å². The van der Waals surface area contributed by atoms with Crippen LogP contribution in [0.1, 0.15) is 49.5 Å². The van der Waals surface area contributed by atoms with E-state index in [1.54, 1.807) is 19.9 Å². The molecular weight excluding hydrogens is 529 g/mol. The molecule has 0 saturated heterocycles. The fourth-order valence-corrected chi connectivity index (χ4v) is 3.91. The number of amidine groups is 1. The van der Waals surface area contributed by atoms with E-state index in [1.165, 1.54) is 36.4 Å². The summed E-state index contributed by atoms with van der Waals surface area (Å²) in [6, 6.07) is -1.05. The molecule has 2 unspecified atom stereocenters. The van der Waals surface area contributed by atoms with E-state index >= 15 is 0 Å². The van der Waals surface area contributed by atoms with Gasteiger partial charge in [-0.2, -0.15) is 13.2 Å². The van der Waals surface area contributed by atoms with Crippen molar-refractivity contribution in [2.45, 2.75) is 51.4 Å². The van der Waals surface area contributed by atoms with E-state index in [-0.39, 0.29) is 35.6 Å². The zero-order valence-electron chi connectivity index (χ0n) is 22.3. The lowest BCUT2D eigenvalue weighted by Gasteiger charge is -2.30. The Labute approximate surface area is 229 Å². The summed E-state index contributed by atoms with van der Waals surface area (Å²) in [5.41, 5.74) is 4.11. The predicted octanol–water partition coefficient (Wildman–Crippen LogP) is 3.30. The number of nitrogens with one attached hydrogen (secondary N) is 3. The smallest absolute Gasteiger partial charge is 0.405 e. The van der Waals surface area contributed by atoms with Crippen LogP contribution in [0.3, 0.4) is 0 Å². The minimum Gasteiger partial charge on any atom is -0.444 e. The Morgan fingerprint density at radius 2 is 2.17 bits per heavy atom. The van der Waals surface area contributed by atoms with Gasteiger partial charge in [-0.25, -0.2) is 4.98 Å². The summed E-state index contributed by atoms with van der Waals surface area (Å²) in [5.74, 6) is -1.28. The number of nitrogens with zero attached hydrogens (tertiary/aromatic N) is 3. The van der Waals surface area contributed by atoms with Crippen LogP contribution in [0.15, 0.2) is 62.6 Å². The number of allylic oxidation sites excluding steroid dienone is 4. The summed E-state index contributed by atoms with van der Waals surface area (Å²) in [6.07, 6.45) is 4.94. The van der Waals surface area contributed by atoms with E-state index in [1.807, 2.05) is 0 Å². The van der Waals surface area contributed by atoms with Gasteiger partial charge in [0, 0.05) is 42.2 Å². The lowest BCUT2D eigenvalue weighted by atomic mass is 10.0. The first kappa shape index (κ1) is 30.3. The number of hydrogen-bond donors (Lipinski definition) is 4. The molecule has 0 fully saturated rings. The van der Waals surface area contributed by atoms with Crippen molar-refractivity contribution in [1.29, 1.82) is 5.41 Å². The molecule has 0 bridgehead atoms. The molecule has 1 aliphatic carbocycles. The van der Waals surface area contributed by atoms with E-state index in [0.29, 0.717) is 36.0 Å². The first-order chi connectivity index (χ1) is 18.9. The number of rotatable bonds is 10. The van der Waals surface area contributed by atoms with Crippen LogP contribution >= 0.6 is 0 Å². The zero-order chi connectivity index (χ0) is 29.4. The molecule has 10 nitrogen and oxygen atoms in total. The van der Waals surface area contributed by atoms with Crippen LogP contribution in [0.4, 0.5) is 13.2 Å². The van der Waals surface area contributed by atoms with Crippen LogP contribution in [-0.2, 0) is 4.79 Å². The van der Waals surface area contributed by atoms with Gasteiger partial charge in [-0.3, -0.25) is 24.9 Å². The molecule has 1 aliphatic heterocycles. The monoisotopic (exact) mass is 560 g/mol. The quantitative estimate of drug-likeness (QED) is 0.196. The number of alkyl halides is 3. The molecule has 0 radical (unpaired) electrons. The summed E-state index contributed by atoms with van der Waals surface area (Å²) in [6.45, 7) is 2.24. The minimum atomic E-state index is -4.42. The summed E-state index contributed by atoms with van der Waals surface area (Å²) < 4.78 is 43.6. The first-order valence-electron chi connectivity index (χ1n) is 12.5. The topological polar surface area (TPSA) is 144 Å². The molecule has 2 amide bonds. The van der Waals surface area contributed by atoms with Crippen molar-refractivity contribution in [3.05, 3.63) is 64.7 Å². The van der Waals surface area contributed by atoms with Crippen LogP contribution < -0.4 is 10.6 Å². The molecule has 4 N–H and O–H groups in total. The Hall–Kier alpha value is -4.22. The van der Waals surface area contributed by atoms with E-state index in [4.69, 9.17) is 9.83 Å². The molecule has 1 aromatic rings. The molecule has 0 spiro atoms. The van der Waals surface area contributed by atoms with Crippen molar-refractivity contribution in [1.82, 2.24) is 20.5 Å². The third-order valence-corrected chi connectivity index (χ3v) is 5.99. The molecule has 2 aliphatic rings. The largest absolute Gasteiger partial charge is 0.444 e. The second-order valence-electron chi connectivity index (χ2n) is 9.23.